The summed E-state index contributed by atoms with van der Waals surface area (Å²) in [4.78, 5) is 26.5. The molecule has 6 nitrogen and oxygen atoms in total. The van der Waals surface area contributed by atoms with Gasteiger partial charge in [-0.05, 0) is 44.5 Å². The maximum absolute atomic E-state index is 12.7. The van der Waals surface area contributed by atoms with Gasteiger partial charge in [0, 0.05) is 19.1 Å². The third-order valence-electron chi connectivity index (χ3n) is 4.58. The summed E-state index contributed by atoms with van der Waals surface area (Å²) in [7, 11) is 1.74. The Bertz CT molecular complexity index is 666. The number of amides is 1. The molecule has 0 spiro atoms. The van der Waals surface area contributed by atoms with Crippen molar-refractivity contribution in [3.8, 4) is 5.75 Å². The number of alkyl halides is 3. The van der Waals surface area contributed by atoms with E-state index in [0.29, 0.717) is 19.5 Å². The highest BCUT2D eigenvalue weighted by Crippen LogP contribution is 2.31. The number of ether oxygens (including phenoxy) is 1. The van der Waals surface area contributed by atoms with E-state index in [1.165, 1.54) is 12.1 Å². The Morgan fingerprint density at radius 3 is 2.70 bits per heavy atom. The van der Waals surface area contributed by atoms with Crippen molar-refractivity contribution >= 4 is 11.9 Å². The van der Waals surface area contributed by atoms with Crippen LogP contribution in [0.2, 0.25) is 0 Å². The average Bonchev–Trinajstić information content (AvgIpc) is 2.85. The molecular weight excluding hydrogens is 365 g/mol. The van der Waals surface area contributed by atoms with Gasteiger partial charge in [0.15, 0.2) is 6.61 Å². The molecule has 0 aliphatic carbocycles. The van der Waals surface area contributed by atoms with Crippen molar-refractivity contribution in [3.05, 3.63) is 29.8 Å². The topological polar surface area (TPSA) is 70.1 Å². The Morgan fingerprint density at radius 1 is 1.30 bits per heavy atom. The van der Waals surface area contributed by atoms with Crippen molar-refractivity contribution < 1.29 is 32.6 Å². The lowest BCUT2D eigenvalue weighted by Crippen LogP contribution is -2.38. The summed E-state index contributed by atoms with van der Waals surface area (Å²) in [6.45, 7) is 0.579. The molecule has 0 radical (unpaired) electrons. The fourth-order valence-corrected chi connectivity index (χ4v) is 3.11. The second-order valence-electron chi connectivity index (χ2n) is 6.59. The van der Waals surface area contributed by atoms with Crippen molar-refractivity contribution in [1.82, 2.24) is 9.80 Å². The first-order valence-corrected chi connectivity index (χ1v) is 8.66. The van der Waals surface area contributed by atoms with Crippen LogP contribution in [-0.2, 0) is 15.8 Å². The maximum Gasteiger partial charge on any atom is 0.416 e. The highest BCUT2D eigenvalue weighted by molar-refractivity contribution is 5.77. The molecule has 1 atom stereocenters. The lowest BCUT2D eigenvalue weighted by molar-refractivity contribution is -0.139. The van der Waals surface area contributed by atoms with E-state index < -0.39 is 17.7 Å². The van der Waals surface area contributed by atoms with Gasteiger partial charge in [0.1, 0.15) is 5.75 Å². The van der Waals surface area contributed by atoms with Gasteiger partial charge in [-0.1, -0.05) is 6.07 Å². The van der Waals surface area contributed by atoms with Crippen molar-refractivity contribution in [2.45, 2.75) is 31.5 Å². The second kappa shape index (κ2) is 9.07. The molecule has 27 heavy (non-hydrogen) atoms. The number of carboxylic acids is 1. The molecule has 1 amide bonds. The first-order valence-electron chi connectivity index (χ1n) is 8.66. The SMILES string of the molecule is CN(CC(=O)O)C1CCCN(C(=O)COc2cccc(C(F)(F)F)c2)CC1. The second-order valence-corrected chi connectivity index (χ2v) is 6.59. The monoisotopic (exact) mass is 388 g/mol. The Balaban J connectivity index is 1.87. The van der Waals surface area contributed by atoms with Crippen LogP contribution in [-0.4, -0.2) is 66.1 Å². The van der Waals surface area contributed by atoms with Gasteiger partial charge in [0.25, 0.3) is 5.91 Å². The van der Waals surface area contributed by atoms with E-state index in [4.69, 9.17) is 9.84 Å². The molecule has 1 aliphatic rings. The maximum atomic E-state index is 12.7. The van der Waals surface area contributed by atoms with Gasteiger partial charge in [-0.15, -0.1) is 0 Å². The van der Waals surface area contributed by atoms with Crippen LogP contribution >= 0.6 is 0 Å². The number of carbonyl (C=O) groups excluding carboxylic acids is 1. The zero-order valence-electron chi connectivity index (χ0n) is 15.0. The summed E-state index contributed by atoms with van der Waals surface area (Å²) in [5.41, 5.74) is -0.827. The number of nitrogens with zero attached hydrogens (tertiary/aromatic N) is 2. The molecule has 1 aromatic carbocycles. The third kappa shape index (κ3) is 6.42. The van der Waals surface area contributed by atoms with Gasteiger partial charge in [-0.25, -0.2) is 0 Å². The zero-order valence-corrected chi connectivity index (χ0v) is 15.0. The van der Waals surface area contributed by atoms with Crippen LogP contribution in [0, 0.1) is 0 Å². The fourth-order valence-electron chi connectivity index (χ4n) is 3.11. The summed E-state index contributed by atoms with van der Waals surface area (Å²) >= 11 is 0. The molecule has 1 fully saturated rings. The summed E-state index contributed by atoms with van der Waals surface area (Å²) in [5, 5.41) is 8.88. The molecule has 0 bridgehead atoms. The highest BCUT2D eigenvalue weighted by atomic mass is 19.4. The Kier molecular flexibility index (Phi) is 7.06. The summed E-state index contributed by atoms with van der Waals surface area (Å²) in [5.74, 6) is -1.20. The molecule has 0 aromatic heterocycles. The van der Waals surface area contributed by atoms with Crippen molar-refractivity contribution in [2.24, 2.45) is 0 Å². The molecule has 150 valence electrons. The number of halogens is 3. The predicted octanol–water partition coefficient (Wildman–Crippen LogP) is 2.48. The van der Waals surface area contributed by atoms with E-state index in [2.05, 4.69) is 0 Å². The van der Waals surface area contributed by atoms with E-state index in [0.717, 1.165) is 25.0 Å². The Hall–Kier alpha value is -2.29. The average molecular weight is 388 g/mol. The number of benzene rings is 1. The number of likely N-dealkylation sites (N-methyl/N-ethyl adjacent to an activating group) is 1. The van der Waals surface area contributed by atoms with Crippen molar-refractivity contribution in [1.29, 1.82) is 0 Å². The van der Waals surface area contributed by atoms with Crippen LogP contribution < -0.4 is 4.74 Å². The Labute approximate surface area is 155 Å². The van der Waals surface area contributed by atoms with Crippen LogP contribution in [0.4, 0.5) is 13.2 Å². The van der Waals surface area contributed by atoms with Gasteiger partial charge < -0.3 is 14.7 Å². The van der Waals surface area contributed by atoms with Gasteiger partial charge in [-0.3, -0.25) is 14.5 Å². The number of hydrogen-bond acceptors (Lipinski definition) is 4. The van der Waals surface area contributed by atoms with Crippen molar-refractivity contribution in [3.63, 3.8) is 0 Å². The standard InChI is InChI=1S/C18H23F3N2O4/c1-22(11-17(25)26)14-5-3-8-23(9-7-14)16(24)12-27-15-6-2-4-13(10-15)18(19,20)21/h2,4,6,10,14H,3,5,7-9,11-12H2,1H3,(H,25,26). The third-order valence-corrected chi connectivity index (χ3v) is 4.58. The van der Waals surface area contributed by atoms with Crippen LogP contribution in [0.3, 0.4) is 0 Å². The number of hydrogen-bond donors (Lipinski definition) is 1. The normalized spacial score (nSPS) is 18.3. The van der Waals surface area contributed by atoms with Gasteiger partial charge in [0.2, 0.25) is 0 Å². The zero-order chi connectivity index (χ0) is 20.0. The first-order chi connectivity index (χ1) is 12.7. The quantitative estimate of drug-likeness (QED) is 0.811. The summed E-state index contributed by atoms with van der Waals surface area (Å²) in [6, 6.07) is 4.49. The predicted molar refractivity (Wildman–Crippen MR) is 91.4 cm³/mol. The fraction of sp³-hybridized carbons (Fsp3) is 0.556. The van der Waals surface area contributed by atoms with Crippen LogP contribution in [0.5, 0.6) is 5.75 Å². The molecule has 2 rings (SSSR count). The lowest BCUT2D eigenvalue weighted by atomic mass is 10.1. The van der Waals surface area contributed by atoms with E-state index in [9.17, 15) is 22.8 Å². The first kappa shape index (κ1) is 21.0. The molecule has 1 N–H and O–H groups in total. The van der Waals surface area contributed by atoms with E-state index in [-0.39, 0.29) is 30.9 Å². The number of rotatable bonds is 6. The Morgan fingerprint density at radius 2 is 2.04 bits per heavy atom. The van der Waals surface area contributed by atoms with E-state index >= 15 is 0 Å². The largest absolute Gasteiger partial charge is 0.484 e. The summed E-state index contributed by atoms with van der Waals surface area (Å²) < 4.78 is 43.4. The van der Waals surface area contributed by atoms with Gasteiger partial charge in [-0.2, -0.15) is 13.2 Å². The number of aliphatic carboxylic acids is 1. The number of likely N-dealkylation sites (tertiary alicyclic amines) is 1. The molecule has 1 unspecified atom stereocenters. The smallest absolute Gasteiger partial charge is 0.416 e. The van der Waals surface area contributed by atoms with Gasteiger partial charge >= 0.3 is 12.1 Å². The van der Waals surface area contributed by atoms with Crippen LogP contribution in [0.1, 0.15) is 24.8 Å². The molecule has 0 saturated carbocycles. The molecule has 9 heteroatoms. The number of carbonyl (C=O) groups is 2. The minimum absolute atomic E-state index is 0.00735. The molecule has 1 aliphatic heterocycles. The van der Waals surface area contributed by atoms with E-state index in [1.54, 1.807) is 16.8 Å². The molecular formula is C18H23F3N2O4. The van der Waals surface area contributed by atoms with Crippen LogP contribution in [0.15, 0.2) is 24.3 Å². The minimum Gasteiger partial charge on any atom is -0.484 e. The molecule has 1 heterocycles. The van der Waals surface area contributed by atoms with Crippen LogP contribution in [0.25, 0.3) is 0 Å². The highest BCUT2D eigenvalue weighted by Gasteiger charge is 2.30. The number of carboxylic acid groups (broad SMARTS) is 1. The molecule has 1 aromatic rings. The minimum atomic E-state index is -4.47. The van der Waals surface area contributed by atoms with E-state index in [1.807, 2.05) is 0 Å². The lowest BCUT2D eigenvalue weighted by Gasteiger charge is -2.25. The van der Waals surface area contributed by atoms with Gasteiger partial charge in [0.05, 0.1) is 12.1 Å². The summed E-state index contributed by atoms with van der Waals surface area (Å²) in [6.07, 6.45) is -2.32. The molecule has 1 saturated heterocycles. The van der Waals surface area contributed by atoms with Crippen molar-refractivity contribution in [2.75, 3.05) is 33.3 Å².